The van der Waals surface area contributed by atoms with Crippen LogP contribution in [0, 0.1) is 0 Å². The molecule has 11 aromatic rings. The van der Waals surface area contributed by atoms with Gasteiger partial charge >= 0.3 is 0 Å². The van der Waals surface area contributed by atoms with E-state index in [2.05, 4.69) is 101 Å². The Kier molecular flexibility index (Phi) is 4.93. The van der Waals surface area contributed by atoms with Crippen LogP contribution in [0.3, 0.4) is 0 Å². The average Bonchev–Trinajstić information content (AvgIpc) is 3.82. The van der Waals surface area contributed by atoms with Gasteiger partial charge in [-0.15, -0.1) is 11.3 Å². The predicted molar refractivity (Wildman–Crippen MR) is 195 cm³/mol. The lowest BCUT2D eigenvalue weighted by Crippen LogP contribution is -2.03. The van der Waals surface area contributed by atoms with Crippen LogP contribution in [0.25, 0.3) is 103 Å². The molecule has 0 saturated heterocycles. The van der Waals surface area contributed by atoms with E-state index in [0.717, 1.165) is 44.2 Å². The molecule has 47 heavy (non-hydrogen) atoms. The second-order valence-corrected chi connectivity index (χ2v) is 13.0. The van der Waals surface area contributed by atoms with Crippen LogP contribution in [0.4, 0.5) is 0 Å². The Labute approximate surface area is 271 Å². The third-order valence-electron chi connectivity index (χ3n) is 9.47. The Bertz CT molecular complexity index is 3080. The number of rotatable bonds is 2. The van der Waals surface area contributed by atoms with Crippen LogP contribution in [-0.2, 0) is 0 Å². The molecule has 0 unspecified atom stereocenters. The molecule has 5 nitrogen and oxygen atoms in total. The summed E-state index contributed by atoms with van der Waals surface area (Å²) >= 11 is 1.84. The van der Waals surface area contributed by atoms with Crippen molar-refractivity contribution in [2.75, 3.05) is 0 Å². The van der Waals surface area contributed by atoms with Gasteiger partial charge in [0, 0.05) is 55.0 Å². The molecule has 0 bridgehead atoms. The maximum atomic E-state index is 6.46. The first-order valence-electron chi connectivity index (χ1n) is 15.6. The van der Waals surface area contributed by atoms with Gasteiger partial charge in [0.05, 0.1) is 15.7 Å². The molecule has 0 radical (unpaired) electrons. The topological polar surface area (TPSA) is 56.7 Å². The van der Waals surface area contributed by atoms with E-state index in [-0.39, 0.29) is 0 Å². The van der Waals surface area contributed by atoms with Crippen LogP contribution in [0.5, 0.6) is 0 Å². The Morgan fingerprint density at radius 3 is 2.17 bits per heavy atom. The van der Waals surface area contributed by atoms with Crippen molar-refractivity contribution in [2.45, 2.75) is 0 Å². The second kappa shape index (κ2) is 9.22. The summed E-state index contributed by atoms with van der Waals surface area (Å²) in [6.07, 6.45) is 3.63. The molecule has 0 fully saturated rings. The number of thiophene rings is 1. The zero-order valence-corrected chi connectivity index (χ0v) is 25.6. The molecule has 0 atom stereocenters. The van der Waals surface area contributed by atoms with Gasteiger partial charge in [0.25, 0.3) is 0 Å². The minimum absolute atomic E-state index is 0.605. The quantitative estimate of drug-likeness (QED) is 0.193. The van der Waals surface area contributed by atoms with Crippen molar-refractivity contribution >= 4 is 96.9 Å². The molecular formula is C41H22N4OS. The summed E-state index contributed by atoms with van der Waals surface area (Å²) in [4.78, 5) is 15.2. The van der Waals surface area contributed by atoms with E-state index >= 15 is 0 Å². The number of aromatic nitrogens is 4. The predicted octanol–water partition coefficient (Wildman–Crippen LogP) is 11.2. The number of hydrogen-bond donors (Lipinski definition) is 0. The van der Waals surface area contributed by atoms with Gasteiger partial charge in [0.2, 0.25) is 5.95 Å². The summed E-state index contributed by atoms with van der Waals surface area (Å²) in [5, 5.41) is 10.7. The van der Waals surface area contributed by atoms with Crippen LogP contribution in [-0.4, -0.2) is 19.5 Å². The van der Waals surface area contributed by atoms with Crippen LogP contribution in [0.1, 0.15) is 0 Å². The molecule has 0 saturated carbocycles. The molecule has 0 N–H and O–H groups in total. The van der Waals surface area contributed by atoms with E-state index in [0.29, 0.717) is 11.5 Å². The molecule has 11 rings (SSSR count). The Morgan fingerprint density at radius 2 is 1.32 bits per heavy atom. The number of hydrogen-bond acceptors (Lipinski definition) is 5. The van der Waals surface area contributed by atoms with Gasteiger partial charge < -0.3 is 4.42 Å². The summed E-state index contributed by atoms with van der Waals surface area (Å²) in [5.74, 6) is 0.605. The van der Waals surface area contributed by atoms with Crippen molar-refractivity contribution in [3.05, 3.63) is 134 Å². The van der Waals surface area contributed by atoms with Crippen LogP contribution >= 0.6 is 11.3 Å². The number of fused-ring (bicyclic) bond motifs is 15. The Morgan fingerprint density at radius 1 is 0.574 bits per heavy atom. The molecule has 0 aliphatic rings. The number of benzene rings is 6. The normalized spacial score (nSPS) is 12.3. The summed E-state index contributed by atoms with van der Waals surface area (Å²) in [6.45, 7) is 0. The summed E-state index contributed by atoms with van der Waals surface area (Å²) < 4.78 is 11.3. The maximum absolute atomic E-state index is 6.46. The summed E-state index contributed by atoms with van der Waals surface area (Å²) in [6, 6.07) is 42.7. The molecule has 6 heteroatoms. The monoisotopic (exact) mass is 618 g/mol. The summed E-state index contributed by atoms with van der Waals surface area (Å²) in [5.41, 5.74) is 6.04. The smallest absolute Gasteiger partial charge is 0.236 e. The van der Waals surface area contributed by atoms with E-state index in [9.17, 15) is 0 Å². The highest BCUT2D eigenvalue weighted by Gasteiger charge is 2.26. The molecule has 5 heterocycles. The van der Waals surface area contributed by atoms with E-state index in [1.54, 1.807) is 6.20 Å². The van der Waals surface area contributed by atoms with Gasteiger partial charge in [-0.05, 0) is 46.5 Å². The minimum atomic E-state index is 0.605. The molecule has 0 aliphatic heterocycles. The van der Waals surface area contributed by atoms with Gasteiger partial charge in [-0.3, -0.25) is 9.55 Å². The molecule has 0 amide bonds. The van der Waals surface area contributed by atoms with Crippen molar-refractivity contribution in [3.63, 3.8) is 0 Å². The number of nitrogens with zero attached hydrogens (tertiary/aromatic N) is 4. The third-order valence-corrected chi connectivity index (χ3v) is 10.7. The van der Waals surface area contributed by atoms with Gasteiger partial charge in [-0.2, -0.15) is 0 Å². The van der Waals surface area contributed by atoms with Crippen molar-refractivity contribution in [1.82, 2.24) is 19.5 Å². The number of furan rings is 1. The van der Waals surface area contributed by atoms with Gasteiger partial charge in [-0.25, -0.2) is 9.97 Å². The van der Waals surface area contributed by atoms with E-state index < -0.39 is 0 Å². The first kappa shape index (κ1) is 25.1. The highest BCUT2D eigenvalue weighted by molar-refractivity contribution is 7.27. The SMILES string of the molecule is c1cncc(-c2nc(-n3c4c5ccccc5ccc4c4c5ccccc5c5c6ccccc6sc5c43)nc3c2oc2ccccc23)c1. The largest absolute Gasteiger partial charge is 0.452 e. The number of pyridine rings is 1. The first-order chi connectivity index (χ1) is 23.3. The lowest BCUT2D eigenvalue weighted by Gasteiger charge is -2.11. The van der Waals surface area contributed by atoms with Gasteiger partial charge in [0.15, 0.2) is 5.58 Å². The van der Waals surface area contributed by atoms with E-state index in [1.165, 1.54) is 47.1 Å². The highest BCUT2D eigenvalue weighted by Crippen LogP contribution is 2.49. The fourth-order valence-electron chi connectivity index (χ4n) is 7.51. The molecule has 6 aromatic carbocycles. The Hall–Kier alpha value is -6.11. The standard InChI is InChI=1S/C41H22N4OS/c1-2-12-25-23(10-1)19-20-30-33-26-13-3-4-14-27(26)34-29-16-6-8-18-32(29)47-40(34)38(33)45(37(25)30)41-43-35(24-11-9-21-42-22-24)39-36(44-41)28-15-5-7-17-31(28)46-39/h1-22H. The van der Waals surface area contributed by atoms with Crippen LogP contribution in [0.2, 0.25) is 0 Å². The fraction of sp³-hybridized carbons (Fsp3) is 0. The zero-order valence-electron chi connectivity index (χ0n) is 24.8. The minimum Gasteiger partial charge on any atom is -0.452 e. The zero-order chi connectivity index (χ0) is 30.6. The third kappa shape index (κ3) is 3.34. The molecule has 0 spiro atoms. The maximum Gasteiger partial charge on any atom is 0.236 e. The van der Waals surface area contributed by atoms with Crippen molar-refractivity contribution in [3.8, 4) is 17.2 Å². The van der Waals surface area contributed by atoms with Crippen molar-refractivity contribution < 1.29 is 4.42 Å². The molecule has 0 aliphatic carbocycles. The number of para-hydroxylation sites is 1. The van der Waals surface area contributed by atoms with E-state index in [4.69, 9.17) is 14.4 Å². The van der Waals surface area contributed by atoms with Crippen LogP contribution < -0.4 is 0 Å². The average molecular weight is 619 g/mol. The molecular weight excluding hydrogens is 597 g/mol. The lowest BCUT2D eigenvalue weighted by molar-refractivity contribution is 0.666. The fourth-order valence-corrected chi connectivity index (χ4v) is 8.77. The van der Waals surface area contributed by atoms with Crippen LogP contribution in [0.15, 0.2) is 138 Å². The van der Waals surface area contributed by atoms with Crippen molar-refractivity contribution in [2.24, 2.45) is 0 Å². The first-order valence-corrected chi connectivity index (χ1v) is 16.4. The van der Waals surface area contributed by atoms with Crippen molar-refractivity contribution in [1.29, 1.82) is 0 Å². The van der Waals surface area contributed by atoms with Gasteiger partial charge in [-0.1, -0.05) is 91.0 Å². The second-order valence-electron chi connectivity index (χ2n) is 12.0. The molecule has 5 aromatic heterocycles. The molecule has 218 valence electrons. The highest BCUT2D eigenvalue weighted by atomic mass is 32.1. The Balaban J connectivity index is 1.44. The lowest BCUT2D eigenvalue weighted by atomic mass is 9.98. The summed E-state index contributed by atoms with van der Waals surface area (Å²) in [7, 11) is 0. The van der Waals surface area contributed by atoms with E-state index in [1.807, 2.05) is 47.9 Å². The van der Waals surface area contributed by atoms with Gasteiger partial charge in [0.1, 0.15) is 16.8 Å².